The minimum atomic E-state index is -0.137. The molecule has 0 aliphatic heterocycles. The first kappa shape index (κ1) is 15.2. The van der Waals surface area contributed by atoms with Crippen LogP contribution in [0.4, 0.5) is 0 Å². The van der Waals surface area contributed by atoms with Crippen molar-refractivity contribution in [2.24, 2.45) is 0 Å². The Balaban J connectivity index is 2.22. The van der Waals surface area contributed by atoms with Gasteiger partial charge in [-0.15, -0.1) is 17.9 Å². The Hall–Kier alpha value is -1.17. The van der Waals surface area contributed by atoms with E-state index in [9.17, 15) is 4.79 Å². The molecule has 2 rings (SSSR count). The van der Waals surface area contributed by atoms with Crippen molar-refractivity contribution in [3.05, 3.63) is 62.5 Å². The van der Waals surface area contributed by atoms with Gasteiger partial charge in [0.25, 0.3) is 5.91 Å². The van der Waals surface area contributed by atoms with Crippen LogP contribution in [0.3, 0.4) is 0 Å². The van der Waals surface area contributed by atoms with Crippen LogP contribution >= 0.6 is 38.9 Å². The highest BCUT2D eigenvalue weighted by atomic mass is 79.9. The molecule has 0 bridgehead atoms. The number of nitrogens with zero attached hydrogens (tertiary/aromatic N) is 2. The van der Waals surface area contributed by atoms with Gasteiger partial charge in [0.05, 0.1) is 10.9 Å². The lowest BCUT2D eigenvalue weighted by atomic mass is 10.3. The van der Waals surface area contributed by atoms with Gasteiger partial charge in [0.2, 0.25) is 0 Å². The lowest BCUT2D eigenvalue weighted by Crippen LogP contribution is -2.31. The molecule has 20 heavy (non-hydrogen) atoms. The number of rotatable bonds is 5. The van der Waals surface area contributed by atoms with Gasteiger partial charge in [0.15, 0.2) is 0 Å². The molecule has 0 radical (unpaired) electrons. The van der Waals surface area contributed by atoms with Crippen molar-refractivity contribution in [1.29, 1.82) is 0 Å². The van der Waals surface area contributed by atoms with Crippen LogP contribution in [0, 0.1) is 0 Å². The Morgan fingerprint density at radius 2 is 2.30 bits per heavy atom. The predicted molar refractivity (Wildman–Crippen MR) is 86.2 cm³/mol. The molecule has 0 aliphatic carbocycles. The summed E-state index contributed by atoms with van der Waals surface area (Å²) in [5.41, 5.74) is 0.400. The molecule has 0 atom stereocenters. The highest BCUT2D eigenvalue weighted by Crippen LogP contribution is 2.24. The molecule has 6 heteroatoms. The van der Waals surface area contributed by atoms with E-state index in [4.69, 9.17) is 11.6 Å². The summed E-state index contributed by atoms with van der Waals surface area (Å²) >= 11 is 10.7. The quantitative estimate of drug-likeness (QED) is 0.730. The van der Waals surface area contributed by atoms with Crippen LogP contribution in [0.2, 0.25) is 4.34 Å². The summed E-state index contributed by atoms with van der Waals surface area (Å²) in [4.78, 5) is 19.4. The largest absolute Gasteiger partial charge is 0.328 e. The second kappa shape index (κ2) is 7.02. The standard InChI is InChI=1S/C14H12BrClN2OS/c1-2-8-18(9-10-5-6-12(16)20-10)14(19)13-11(15)4-3-7-17-13/h2-7H,1,8-9H2. The number of hydrogen-bond acceptors (Lipinski definition) is 3. The summed E-state index contributed by atoms with van der Waals surface area (Å²) in [6.45, 7) is 4.64. The average Bonchev–Trinajstić information content (AvgIpc) is 2.83. The van der Waals surface area contributed by atoms with E-state index in [1.807, 2.05) is 12.1 Å². The molecule has 0 saturated carbocycles. The van der Waals surface area contributed by atoms with Gasteiger partial charge in [-0.2, -0.15) is 0 Å². The molecule has 0 saturated heterocycles. The van der Waals surface area contributed by atoms with Crippen molar-refractivity contribution >= 4 is 44.8 Å². The minimum absolute atomic E-state index is 0.137. The monoisotopic (exact) mass is 370 g/mol. The number of aromatic nitrogens is 1. The smallest absolute Gasteiger partial charge is 0.274 e. The molecule has 0 unspecified atom stereocenters. The molecular formula is C14H12BrClN2OS. The van der Waals surface area contributed by atoms with Gasteiger partial charge in [0.1, 0.15) is 5.69 Å². The molecular weight excluding hydrogens is 360 g/mol. The lowest BCUT2D eigenvalue weighted by Gasteiger charge is -2.20. The zero-order valence-electron chi connectivity index (χ0n) is 10.6. The van der Waals surface area contributed by atoms with Crippen LogP contribution in [0.25, 0.3) is 0 Å². The molecule has 0 aliphatic rings. The summed E-state index contributed by atoms with van der Waals surface area (Å²) in [7, 11) is 0. The second-order valence-electron chi connectivity index (χ2n) is 4.01. The van der Waals surface area contributed by atoms with Crippen LogP contribution in [0.1, 0.15) is 15.4 Å². The van der Waals surface area contributed by atoms with Gasteiger partial charge in [-0.1, -0.05) is 17.7 Å². The SMILES string of the molecule is C=CCN(Cc1ccc(Cl)s1)C(=O)c1ncccc1Br. The van der Waals surface area contributed by atoms with Crippen molar-refractivity contribution in [3.8, 4) is 0 Å². The van der Waals surface area contributed by atoms with Crippen LogP contribution < -0.4 is 0 Å². The fourth-order valence-corrected chi connectivity index (χ4v) is 3.22. The van der Waals surface area contributed by atoms with E-state index in [-0.39, 0.29) is 5.91 Å². The van der Waals surface area contributed by atoms with Crippen LogP contribution in [-0.4, -0.2) is 22.3 Å². The maximum Gasteiger partial charge on any atom is 0.274 e. The second-order valence-corrected chi connectivity index (χ2v) is 6.67. The average molecular weight is 372 g/mol. The summed E-state index contributed by atoms with van der Waals surface area (Å²) in [5, 5.41) is 0. The first-order chi connectivity index (χ1) is 9.61. The zero-order chi connectivity index (χ0) is 14.5. The fraction of sp³-hybridized carbons (Fsp3) is 0.143. The van der Waals surface area contributed by atoms with E-state index in [1.54, 1.807) is 29.3 Å². The van der Waals surface area contributed by atoms with E-state index in [0.717, 1.165) is 4.88 Å². The summed E-state index contributed by atoms with van der Waals surface area (Å²) in [5.74, 6) is -0.137. The summed E-state index contributed by atoms with van der Waals surface area (Å²) in [6, 6.07) is 7.32. The molecule has 2 aromatic heterocycles. The highest BCUT2D eigenvalue weighted by Gasteiger charge is 2.19. The van der Waals surface area contributed by atoms with Gasteiger partial charge < -0.3 is 4.90 Å². The van der Waals surface area contributed by atoms with E-state index < -0.39 is 0 Å². The molecule has 0 fully saturated rings. The zero-order valence-corrected chi connectivity index (χ0v) is 13.7. The Labute approximate surface area is 135 Å². The number of carbonyl (C=O) groups is 1. The number of pyridine rings is 1. The molecule has 0 spiro atoms. The molecule has 104 valence electrons. The van der Waals surface area contributed by atoms with Crippen LogP contribution in [0.15, 0.2) is 47.6 Å². The minimum Gasteiger partial charge on any atom is -0.328 e. The van der Waals surface area contributed by atoms with Crippen LogP contribution in [-0.2, 0) is 6.54 Å². The Bertz CT molecular complexity index is 629. The molecule has 1 amide bonds. The molecule has 2 heterocycles. The Kier molecular flexibility index (Phi) is 5.34. The molecule has 2 aromatic rings. The van der Waals surface area contributed by atoms with E-state index in [1.165, 1.54) is 11.3 Å². The number of halogens is 2. The highest BCUT2D eigenvalue weighted by molar-refractivity contribution is 9.10. The summed E-state index contributed by atoms with van der Waals surface area (Å²) in [6.07, 6.45) is 3.30. The maximum atomic E-state index is 12.5. The number of amides is 1. The third-order valence-corrected chi connectivity index (χ3v) is 4.43. The first-order valence-electron chi connectivity index (χ1n) is 5.86. The first-order valence-corrected chi connectivity index (χ1v) is 7.85. The predicted octanol–water partition coefficient (Wildman–Crippen LogP) is 4.39. The van der Waals surface area contributed by atoms with Gasteiger partial charge in [-0.05, 0) is 40.2 Å². The Morgan fingerprint density at radius 1 is 1.50 bits per heavy atom. The van der Waals surface area contributed by atoms with Gasteiger partial charge in [-0.3, -0.25) is 4.79 Å². The molecule has 0 aromatic carbocycles. The third kappa shape index (κ3) is 3.69. The van der Waals surface area contributed by atoms with E-state index in [2.05, 4.69) is 27.5 Å². The van der Waals surface area contributed by atoms with E-state index >= 15 is 0 Å². The molecule has 3 nitrogen and oxygen atoms in total. The van der Waals surface area contributed by atoms with Crippen molar-refractivity contribution < 1.29 is 4.79 Å². The number of hydrogen-bond donors (Lipinski definition) is 0. The normalized spacial score (nSPS) is 10.3. The molecule has 0 N–H and O–H groups in total. The lowest BCUT2D eigenvalue weighted by molar-refractivity contribution is 0.0757. The van der Waals surface area contributed by atoms with Crippen LogP contribution in [0.5, 0.6) is 0 Å². The van der Waals surface area contributed by atoms with Crippen molar-refractivity contribution in [3.63, 3.8) is 0 Å². The summed E-state index contributed by atoms with van der Waals surface area (Å²) < 4.78 is 1.40. The van der Waals surface area contributed by atoms with Gasteiger partial charge >= 0.3 is 0 Å². The number of carbonyl (C=O) groups excluding carboxylic acids is 1. The van der Waals surface area contributed by atoms with Gasteiger partial charge in [-0.25, -0.2) is 4.98 Å². The third-order valence-electron chi connectivity index (χ3n) is 2.57. The van der Waals surface area contributed by atoms with Crippen molar-refractivity contribution in [1.82, 2.24) is 9.88 Å². The van der Waals surface area contributed by atoms with Gasteiger partial charge in [0, 0.05) is 22.1 Å². The van der Waals surface area contributed by atoms with E-state index in [0.29, 0.717) is 27.6 Å². The fourth-order valence-electron chi connectivity index (χ4n) is 1.69. The van der Waals surface area contributed by atoms with Crippen molar-refractivity contribution in [2.45, 2.75) is 6.54 Å². The Morgan fingerprint density at radius 3 is 2.90 bits per heavy atom. The topological polar surface area (TPSA) is 33.2 Å². The maximum absolute atomic E-state index is 12.5. The van der Waals surface area contributed by atoms with Crippen molar-refractivity contribution in [2.75, 3.05) is 6.54 Å². The number of thiophene rings is 1.